The summed E-state index contributed by atoms with van der Waals surface area (Å²) in [4.78, 5) is 14.7. The molecule has 1 fully saturated rings. The normalized spacial score (nSPS) is 21.0. The Morgan fingerprint density at radius 2 is 1.42 bits per heavy atom. The maximum absolute atomic E-state index is 12.6. The first-order valence-electron chi connectivity index (χ1n) is 8.58. The summed E-state index contributed by atoms with van der Waals surface area (Å²) in [5, 5.41) is 38.0. The lowest BCUT2D eigenvalue weighted by Gasteiger charge is -2.36. The number of likely N-dealkylation sites (N-methyl/N-ethyl adjacent to an activating group) is 1. The minimum atomic E-state index is -0.177. The molecular weight excluding hydrogens is 334 g/mol. The molecule has 2 atom stereocenters. The highest BCUT2D eigenvalue weighted by Crippen LogP contribution is 2.30. The molecule has 0 amide bonds. The fraction of sp³-hybridized carbons (Fsp3) is 0.350. The molecule has 1 aliphatic rings. The van der Waals surface area contributed by atoms with Crippen molar-refractivity contribution in [2.24, 2.45) is 5.92 Å². The molecule has 6 heteroatoms. The van der Waals surface area contributed by atoms with Crippen LogP contribution in [0.25, 0.3) is 0 Å². The molecule has 1 heterocycles. The smallest absolute Gasteiger partial charge is 0.157 e. The van der Waals surface area contributed by atoms with E-state index in [1.54, 1.807) is 12.1 Å². The predicted octanol–water partition coefficient (Wildman–Crippen LogP) is 2.18. The molecule has 2 unspecified atom stereocenters. The van der Waals surface area contributed by atoms with Gasteiger partial charge in [-0.1, -0.05) is 12.1 Å². The number of carbonyl (C=O) groups is 1. The summed E-state index contributed by atoms with van der Waals surface area (Å²) in [5.41, 5.74) is 1.68. The van der Waals surface area contributed by atoms with E-state index in [2.05, 4.69) is 4.90 Å². The third kappa shape index (κ3) is 3.91. The van der Waals surface area contributed by atoms with Gasteiger partial charge in [0.15, 0.2) is 23.0 Å². The highest BCUT2D eigenvalue weighted by molar-refractivity contribution is 5.83. The molecule has 138 valence electrons. The van der Waals surface area contributed by atoms with Crippen molar-refractivity contribution in [2.45, 2.75) is 25.3 Å². The summed E-state index contributed by atoms with van der Waals surface area (Å²) in [7, 11) is 1.97. The third-order valence-corrected chi connectivity index (χ3v) is 5.06. The minimum Gasteiger partial charge on any atom is -0.504 e. The van der Waals surface area contributed by atoms with E-state index in [1.807, 2.05) is 7.05 Å². The van der Waals surface area contributed by atoms with E-state index in [1.165, 1.54) is 24.3 Å². The maximum atomic E-state index is 12.6. The van der Waals surface area contributed by atoms with Gasteiger partial charge in [-0.15, -0.1) is 0 Å². The Kier molecular flexibility index (Phi) is 5.04. The molecule has 0 spiro atoms. The first-order valence-corrected chi connectivity index (χ1v) is 8.58. The van der Waals surface area contributed by atoms with Gasteiger partial charge in [-0.3, -0.25) is 4.79 Å². The lowest BCUT2D eigenvalue weighted by molar-refractivity contribution is -0.127. The standard InChI is InChI=1S/C20H23NO5/c1-21-11-14(6-12-2-4-16(22)19(25)8-12)18(24)10-15(21)7-13-3-5-17(23)20(26)9-13/h2-5,8-9,14-15,22-23,25-26H,6-7,10-11H2,1H3. The highest BCUT2D eigenvalue weighted by atomic mass is 16.3. The largest absolute Gasteiger partial charge is 0.504 e. The van der Waals surface area contributed by atoms with Crippen LogP contribution in [0.3, 0.4) is 0 Å². The number of hydrogen-bond acceptors (Lipinski definition) is 6. The number of rotatable bonds is 4. The van der Waals surface area contributed by atoms with E-state index >= 15 is 0 Å². The van der Waals surface area contributed by atoms with Crippen molar-refractivity contribution >= 4 is 5.78 Å². The number of phenols is 4. The van der Waals surface area contributed by atoms with Gasteiger partial charge in [-0.05, 0) is 55.3 Å². The van der Waals surface area contributed by atoms with Crippen LogP contribution in [0.15, 0.2) is 36.4 Å². The van der Waals surface area contributed by atoms with Gasteiger partial charge in [0.25, 0.3) is 0 Å². The van der Waals surface area contributed by atoms with Crippen molar-refractivity contribution in [1.29, 1.82) is 0 Å². The van der Waals surface area contributed by atoms with Gasteiger partial charge in [0.2, 0.25) is 0 Å². The van der Waals surface area contributed by atoms with Gasteiger partial charge in [0, 0.05) is 24.9 Å². The van der Waals surface area contributed by atoms with E-state index in [4.69, 9.17) is 0 Å². The fourth-order valence-corrected chi connectivity index (χ4v) is 3.51. The number of ketones is 1. The van der Waals surface area contributed by atoms with Gasteiger partial charge in [-0.2, -0.15) is 0 Å². The molecule has 0 bridgehead atoms. The number of phenolic OH excluding ortho intramolecular Hbond substituents is 4. The van der Waals surface area contributed by atoms with E-state index < -0.39 is 0 Å². The lowest BCUT2D eigenvalue weighted by Crippen LogP contribution is -2.47. The fourth-order valence-electron chi connectivity index (χ4n) is 3.51. The second kappa shape index (κ2) is 7.25. The van der Waals surface area contributed by atoms with Crippen LogP contribution in [0, 0.1) is 5.92 Å². The Morgan fingerprint density at radius 1 is 0.885 bits per heavy atom. The van der Waals surface area contributed by atoms with Gasteiger partial charge >= 0.3 is 0 Å². The Morgan fingerprint density at radius 3 is 1.96 bits per heavy atom. The first kappa shape index (κ1) is 18.1. The summed E-state index contributed by atoms with van der Waals surface area (Å²) in [5.74, 6) is -0.643. The number of benzene rings is 2. The molecule has 4 N–H and O–H groups in total. The van der Waals surface area contributed by atoms with Crippen molar-refractivity contribution in [3.63, 3.8) is 0 Å². The Bertz CT molecular complexity index is 820. The average molecular weight is 357 g/mol. The molecule has 3 rings (SSSR count). The van der Waals surface area contributed by atoms with Gasteiger partial charge in [0.05, 0.1) is 0 Å². The number of hydrogen-bond donors (Lipinski definition) is 4. The Labute approximate surface area is 152 Å². The molecule has 0 aliphatic carbocycles. The van der Waals surface area contributed by atoms with Crippen LogP contribution in [0.1, 0.15) is 17.5 Å². The van der Waals surface area contributed by atoms with E-state index in [0.717, 1.165) is 11.1 Å². The third-order valence-electron chi connectivity index (χ3n) is 5.06. The lowest BCUT2D eigenvalue weighted by atomic mass is 9.85. The highest BCUT2D eigenvalue weighted by Gasteiger charge is 2.32. The zero-order chi connectivity index (χ0) is 18.8. The molecule has 0 aromatic heterocycles. The molecule has 1 saturated heterocycles. The molecule has 0 radical (unpaired) electrons. The molecule has 0 saturated carbocycles. The topological polar surface area (TPSA) is 101 Å². The molecule has 2 aromatic rings. The van der Waals surface area contributed by atoms with Gasteiger partial charge in [-0.25, -0.2) is 0 Å². The monoisotopic (exact) mass is 357 g/mol. The number of nitrogens with zero attached hydrogens (tertiary/aromatic N) is 1. The zero-order valence-electron chi connectivity index (χ0n) is 14.6. The number of likely N-dealkylation sites (tertiary alicyclic amines) is 1. The van der Waals surface area contributed by atoms with Gasteiger partial charge in [0.1, 0.15) is 5.78 Å². The van der Waals surface area contributed by atoms with Crippen LogP contribution in [-0.4, -0.2) is 50.7 Å². The van der Waals surface area contributed by atoms with Crippen LogP contribution in [0.5, 0.6) is 23.0 Å². The van der Waals surface area contributed by atoms with Crippen LogP contribution in [-0.2, 0) is 17.6 Å². The molecule has 26 heavy (non-hydrogen) atoms. The second-order valence-corrected chi connectivity index (χ2v) is 7.02. The predicted molar refractivity (Wildman–Crippen MR) is 96.5 cm³/mol. The maximum Gasteiger partial charge on any atom is 0.157 e. The molecule has 2 aromatic carbocycles. The minimum absolute atomic E-state index is 0.0379. The Hall–Kier alpha value is -2.73. The summed E-state index contributed by atoms with van der Waals surface area (Å²) >= 11 is 0. The van der Waals surface area contributed by atoms with Crippen molar-refractivity contribution < 1.29 is 25.2 Å². The van der Waals surface area contributed by atoms with Crippen molar-refractivity contribution in [1.82, 2.24) is 4.90 Å². The van der Waals surface area contributed by atoms with Gasteiger partial charge < -0.3 is 25.3 Å². The zero-order valence-corrected chi connectivity index (χ0v) is 14.6. The number of aromatic hydroxyl groups is 4. The van der Waals surface area contributed by atoms with Crippen molar-refractivity contribution in [3.05, 3.63) is 47.5 Å². The summed E-state index contributed by atoms with van der Waals surface area (Å²) in [6.45, 7) is 0.606. The quantitative estimate of drug-likeness (QED) is 0.626. The summed E-state index contributed by atoms with van der Waals surface area (Å²) in [6, 6.07) is 9.41. The Balaban J connectivity index is 1.65. The van der Waals surface area contributed by atoms with Crippen LogP contribution >= 0.6 is 0 Å². The van der Waals surface area contributed by atoms with E-state index in [9.17, 15) is 25.2 Å². The first-order chi connectivity index (χ1) is 12.3. The summed E-state index contributed by atoms with van der Waals surface area (Å²) in [6.07, 6.45) is 1.54. The van der Waals surface area contributed by atoms with Crippen LogP contribution in [0.2, 0.25) is 0 Å². The number of Topliss-reactive ketones (excluding diaryl/α,β-unsaturated/α-hetero) is 1. The average Bonchev–Trinajstić information content (AvgIpc) is 2.59. The summed E-state index contributed by atoms with van der Waals surface area (Å²) < 4.78 is 0. The van der Waals surface area contributed by atoms with Crippen LogP contribution < -0.4 is 0 Å². The second-order valence-electron chi connectivity index (χ2n) is 7.02. The SMILES string of the molecule is CN1CC(Cc2ccc(O)c(O)c2)C(=O)CC1Cc1ccc(O)c(O)c1. The van der Waals surface area contributed by atoms with Crippen molar-refractivity contribution in [3.8, 4) is 23.0 Å². The molecular formula is C20H23NO5. The van der Waals surface area contributed by atoms with Crippen LogP contribution in [0.4, 0.5) is 0 Å². The van der Waals surface area contributed by atoms with Crippen molar-refractivity contribution in [2.75, 3.05) is 13.6 Å². The number of piperidine rings is 1. The number of carbonyl (C=O) groups excluding carboxylic acids is 1. The molecule has 1 aliphatic heterocycles. The van der Waals surface area contributed by atoms with E-state index in [-0.39, 0.29) is 40.7 Å². The molecule has 6 nitrogen and oxygen atoms in total. The van der Waals surface area contributed by atoms with E-state index in [0.29, 0.717) is 25.8 Å².